The normalized spacial score (nSPS) is 10.9. The highest BCUT2D eigenvalue weighted by molar-refractivity contribution is 7.99. The molecule has 0 fully saturated rings. The molecule has 1 heterocycles. The van der Waals surface area contributed by atoms with Crippen LogP contribution < -0.4 is 10.9 Å². The Kier molecular flexibility index (Phi) is 6.84. The van der Waals surface area contributed by atoms with E-state index < -0.39 is 0 Å². The summed E-state index contributed by atoms with van der Waals surface area (Å²) in [6.45, 7) is 3.16. The molecule has 0 aliphatic carbocycles. The predicted octanol–water partition coefficient (Wildman–Crippen LogP) is 2.94. The number of amides is 1. The van der Waals surface area contributed by atoms with Gasteiger partial charge in [0.2, 0.25) is 5.91 Å². The lowest BCUT2D eigenvalue weighted by Gasteiger charge is -2.13. The molecule has 0 unspecified atom stereocenters. The smallest absolute Gasteiger partial charge is 0.266 e. The van der Waals surface area contributed by atoms with Crippen molar-refractivity contribution in [3.63, 3.8) is 0 Å². The lowest BCUT2D eigenvalue weighted by Crippen LogP contribution is -2.28. The Labute approximate surface area is 167 Å². The van der Waals surface area contributed by atoms with Gasteiger partial charge in [-0.05, 0) is 37.6 Å². The molecule has 3 aromatic rings. The fourth-order valence-electron chi connectivity index (χ4n) is 2.76. The van der Waals surface area contributed by atoms with Crippen molar-refractivity contribution in [3.8, 4) is 5.69 Å². The summed E-state index contributed by atoms with van der Waals surface area (Å²) in [5.74, 6) is 0.0860. The molecular weight excluding hydrogens is 374 g/mol. The summed E-state index contributed by atoms with van der Waals surface area (Å²) in [5.41, 5.74) is 2.32. The average molecular weight is 398 g/mol. The van der Waals surface area contributed by atoms with Crippen LogP contribution in [0.2, 0.25) is 0 Å². The maximum atomic E-state index is 13.1. The molecule has 1 amide bonds. The van der Waals surface area contributed by atoms with Crippen LogP contribution in [0.25, 0.3) is 16.6 Å². The first kappa shape index (κ1) is 20.1. The van der Waals surface area contributed by atoms with E-state index in [0.717, 1.165) is 17.7 Å². The van der Waals surface area contributed by atoms with Gasteiger partial charge in [0.05, 0.1) is 22.3 Å². The first-order valence-electron chi connectivity index (χ1n) is 9.07. The Morgan fingerprint density at radius 2 is 1.93 bits per heavy atom. The minimum absolute atomic E-state index is 0.0982. The highest BCUT2D eigenvalue weighted by atomic mass is 32.2. The van der Waals surface area contributed by atoms with E-state index >= 15 is 0 Å². The molecule has 146 valence electrons. The monoisotopic (exact) mass is 397 g/mol. The molecule has 1 N–H and O–H groups in total. The van der Waals surface area contributed by atoms with Gasteiger partial charge >= 0.3 is 0 Å². The molecule has 1 aromatic heterocycles. The van der Waals surface area contributed by atoms with E-state index in [9.17, 15) is 9.59 Å². The van der Waals surface area contributed by atoms with Gasteiger partial charge in [-0.15, -0.1) is 0 Å². The number of ether oxygens (including phenoxy) is 1. The molecular formula is C21H23N3O3S. The summed E-state index contributed by atoms with van der Waals surface area (Å²) < 4.78 is 6.55. The van der Waals surface area contributed by atoms with Crippen LogP contribution in [0.5, 0.6) is 0 Å². The van der Waals surface area contributed by atoms with Crippen molar-refractivity contribution in [2.24, 2.45) is 0 Å². The Morgan fingerprint density at radius 3 is 2.68 bits per heavy atom. The lowest BCUT2D eigenvalue weighted by atomic mass is 10.2. The SMILES string of the molecule is COCCCNC(=O)CSc1nc2ccccc2c(=O)n1-c1ccc(C)cc1. The number of nitrogens with one attached hydrogen (secondary N) is 1. The first-order valence-corrected chi connectivity index (χ1v) is 10.1. The van der Waals surface area contributed by atoms with E-state index in [1.807, 2.05) is 49.4 Å². The van der Waals surface area contributed by atoms with Crippen molar-refractivity contribution in [1.82, 2.24) is 14.9 Å². The van der Waals surface area contributed by atoms with E-state index in [2.05, 4.69) is 10.3 Å². The van der Waals surface area contributed by atoms with Crippen LogP contribution in [-0.4, -0.2) is 41.5 Å². The molecule has 0 aliphatic heterocycles. The second-order valence-electron chi connectivity index (χ2n) is 6.37. The number of hydrogen-bond donors (Lipinski definition) is 1. The molecule has 28 heavy (non-hydrogen) atoms. The molecule has 0 aliphatic rings. The highest BCUT2D eigenvalue weighted by Crippen LogP contribution is 2.21. The lowest BCUT2D eigenvalue weighted by molar-refractivity contribution is -0.118. The number of thioether (sulfide) groups is 1. The zero-order valence-electron chi connectivity index (χ0n) is 16.0. The second kappa shape index (κ2) is 9.52. The van der Waals surface area contributed by atoms with E-state index in [1.165, 1.54) is 11.8 Å². The van der Waals surface area contributed by atoms with Gasteiger partial charge in [0, 0.05) is 20.3 Å². The fourth-order valence-corrected chi connectivity index (χ4v) is 3.60. The molecule has 0 radical (unpaired) electrons. The number of para-hydroxylation sites is 1. The molecule has 0 atom stereocenters. The number of fused-ring (bicyclic) bond motifs is 1. The maximum Gasteiger partial charge on any atom is 0.266 e. The van der Waals surface area contributed by atoms with Crippen LogP contribution in [0, 0.1) is 6.92 Å². The van der Waals surface area contributed by atoms with E-state index in [4.69, 9.17) is 4.74 Å². The quantitative estimate of drug-likeness (QED) is 0.359. The van der Waals surface area contributed by atoms with Crippen molar-refractivity contribution in [1.29, 1.82) is 0 Å². The van der Waals surface area contributed by atoms with Gasteiger partial charge in [0.15, 0.2) is 5.16 Å². The molecule has 3 rings (SSSR count). The van der Waals surface area contributed by atoms with Crippen molar-refractivity contribution in [2.75, 3.05) is 26.0 Å². The Balaban J connectivity index is 1.89. The molecule has 0 bridgehead atoms. The van der Waals surface area contributed by atoms with Crippen molar-refractivity contribution >= 4 is 28.6 Å². The summed E-state index contributed by atoms with van der Waals surface area (Å²) in [6, 6.07) is 14.9. The average Bonchev–Trinajstić information content (AvgIpc) is 2.71. The number of carbonyl (C=O) groups excluding carboxylic acids is 1. The molecule has 0 spiro atoms. The number of rotatable bonds is 8. The summed E-state index contributed by atoms with van der Waals surface area (Å²) in [4.78, 5) is 29.9. The number of aromatic nitrogens is 2. The van der Waals surface area contributed by atoms with Gasteiger partial charge in [-0.2, -0.15) is 0 Å². The third-order valence-corrected chi connectivity index (χ3v) is 5.16. The first-order chi connectivity index (χ1) is 13.6. The van der Waals surface area contributed by atoms with E-state index in [-0.39, 0.29) is 17.2 Å². The summed E-state index contributed by atoms with van der Waals surface area (Å²) in [6.07, 6.45) is 0.759. The minimum Gasteiger partial charge on any atom is -0.385 e. The topological polar surface area (TPSA) is 73.2 Å². The van der Waals surface area contributed by atoms with Crippen LogP contribution in [0.1, 0.15) is 12.0 Å². The molecule has 6 nitrogen and oxygen atoms in total. The summed E-state index contributed by atoms with van der Waals surface area (Å²) >= 11 is 1.26. The Morgan fingerprint density at radius 1 is 1.18 bits per heavy atom. The highest BCUT2D eigenvalue weighted by Gasteiger charge is 2.14. The van der Waals surface area contributed by atoms with Gasteiger partial charge < -0.3 is 10.1 Å². The minimum atomic E-state index is -0.141. The standard InChI is InChI=1S/C21H23N3O3S/c1-15-8-10-16(11-9-15)24-20(26)17-6-3-4-7-18(17)23-21(24)28-14-19(25)22-12-5-13-27-2/h3-4,6-11H,5,12-14H2,1-2H3,(H,22,25). The van der Waals surface area contributed by atoms with Gasteiger partial charge in [0.25, 0.3) is 5.56 Å². The van der Waals surface area contributed by atoms with Crippen LogP contribution in [-0.2, 0) is 9.53 Å². The van der Waals surface area contributed by atoms with Gasteiger partial charge in [-0.1, -0.05) is 41.6 Å². The number of benzene rings is 2. The van der Waals surface area contributed by atoms with Gasteiger partial charge in [-0.3, -0.25) is 14.2 Å². The number of nitrogens with zero attached hydrogens (tertiary/aromatic N) is 2. The number of hydrogen-bond acceptors (Lipinski definition) is 5. The number of aryl methyl sites for hydroxylation is 1. The maximum absolute atomic E-state index is 13.1. The zero-order chi connectivity index (χ0) is 19.9. The van der Waals surface area contributed by atoms with Crippen molar-refractivity contribution < 1.29 is 9.53 Å². The number of methoxy groups -OCH3 is 1. The number of carbonyl (C=O) groups is 1. The summed E-state index contributed by atoms with van der Waals surface area (Å²) in [7, 11) is 1.63. The van der Waals surface area contributed by atoms with Crippen LogP contribution in [0.4, 0.5) is 0 Å². The van der Waals surface area contributed by atoms with Crippen molar-refractivity contribution in [3.05, 3.63) is 64.4 Å². The van der Waals surface area contributed by atoms with Gasteiger partial charge in [0.1, 0.15) is 0 Å². The van der Waals surface area contributed by atoms with E-state index in [0.29, 0.717) is 29.2 Å². The van der Waals surface area contributed by atoms with Gasteiger partial charge in [-0.25, -0.2) is 4.98 Å². The molecule has 7 heteroatoms. The van der Waals surface area contributed by atoms with Crippen LogP contribution in [0.15, 0.2) is 58.5 Å². The summed E-state index contributed by atoms with van der Waals surface area (Å²) in [5, 5.41) is 3.90. The predicted molar refractivity (Wildman–Crippen MR) is 112 cm³/mol. The third-order valence-electron chi connectivity index (χ3n) is 4.22. The van der Waals surface area contributed by atoms with Crippen LogP contribution in [0.3, 0.4) is 0 Å². The van der Waals surface area contributed by atoms with Crippen LogP contribution >= 0.6 is 11.8 Å². The molecule has 2 aromatic carbocycles. The fraction of sp³-hybridized carbons (Fsp3) is 0.286. The van der Waals surface area contributed by atoms with Crippen molar-refractivity contribution in [2.45, 2.75) is 18.5 Å². The Bertz CT molecular complexity index is 1020. The molecule has 0 saturated carbocycles. The zero-order valence-corrected chi connectivity index (χ0v) is 16.8. The molecule has 0 saturated heterocycles. The Hall–Kier alpha value is -2.64. The second-order valence-corrected chi connectivity index (χ2v) is 7.32. The largest absolute Gasteiger partial charge is 0.385 e. The van der Waals surface area contributed by atoms with E-state index in [1.54, 1.807) is 17.7 Å². The third kappa shape index (κ3) is 4.79.